The molecule has 2 N–H and O–H groups in total. The molecule has 0 bridgehead atoms. The third-order valence-electron chi connectivity index (χ3n) is 6.07. The fraction of sp³-hybridized carbons (Fsp3) is 0.208. The Labute approximate surface area is 194 Å². The number of hydrogen-bond acceptors (Lipinski definition) is 4. The molecule has 4 aromatic rings. The van der Waals surface area contributed by atoms with Crippen LogP contribution in [0.3, 0.4) is 0 Å². The Balaban J connectivity index is 1.44. The van der Waals surface area contributed by atoms with Crippen molar-refractivity contribution in [3.05, 3.63) is 85.8 Å². The van der Waals surface area contributed by atoms with Gasteiger partial charge in [0.25, 0.3) is 0 Å². The molecule has 0 unspecified atom stereocenters. The molecule has 4 nitrogen and oxygen atoms in total. The lowest BCUT2D eigenvalue weighted by molar-refractivity contribution is 0.103. The number of rotatable bonds is 4. The van der Waals surface area contributed by atoms with Crippen LogP contribution in [0, 0.1) is 0 Å². The SMILES string of the molecule is Cn1c2c(c3cc(Cl)ccc31)CN(Cc1csc(N)c1C(=O)c1ccc(Cl)cc1)CC2. The van der Waals surface area contributed by atoms with Crippen molar-refractivity contribution in [3.63, 3.8) is 0 Å². The lowest BCUT2D eigenvalue weighted by Crippen LogP contribution is -2.30. The number of carbonyl (C=O) groups is 1. The Morgan fingerprint density at radius 2 is 1.87 bits per heavy atom. The quantitative estimate of drug-likeness (QED) is 0.377. The van der Waals surface area contributed by atoms with Gasteiger partial charge in [0.2, 0.25) is 0 Å². The molecule has 0 aliphatic carbocycles. The van der Waals surface area contributed by atoms with Gasteiger partial charge in [-0.25, -0.2) is 0 Å². The Morgan fingerprint density at radius 1 is 1.13 bits per heavy atom. The molecule has 0 amide bonds. The number of nitrogens with zero attached hydrogens (tertiary/aromatic N) is 2. The summed E-state index contributed by atoms with van der Waals surface area (Å²) < 4.78 is 2.27. The summed E-state index contributed by atoms with van der Waals surface area (Å²) in [5, 5.41) is 5.13. The normalized spacial score (nSPS) is 14.2. The average Bonchev–Trinajstić information content (AvgIpc) is 3.25. The van der Waals surface area contributed by atoms with Crippen molar-refractivity contribution in [2.75, 3.05) is 12.3 Å². The van der Waals surface area contributed by atoms with E-state index < -0.39 is 0 Å². The largest absolute Gasteiger partial charge is 0.390 e. The minimum Gasteiger partial charge on any atom is -0.390 e. The summed E-state index contributed by atoms with van der Waals surface area (Å²) in [5.74, 6) is -0.0555. The highest BCUT2D eigenvalue weighted by molar-refractivity contribution is 7.14. The number of anilines is 1. The number of halogens is 2. The number of ketones is 1. The van der Waals surface area contributed by atoms with Crippen LogP contribution in [0.25, 0.3) is 10.9 Å². The fourth-order valence-electron chi connectivity index (χ4n) is 4.51. The molecular weight excluding hydrogens is 449 g/mol. The standard InChI is InChI=1S/C24H21Cl2N3OS/c1-28-20-7-6-17(26)10-18(20)19-12-29(9-8-21(19)28)11-15-13-31-24(27)22(15)23(30)14-2-4-16(25)5-3-14/h2-7,10,13H,8-9,11-12,27H2,1H3. The molecule has 1 aliphatic heterocycles. The summed E-state index contributed by atoms with van der Waals surface area (Å²) in [6, 6.07) is 13.0. The number of aryl methyl sites for hydroxylation is 1. The molecule has 7 heteroatoms. The monoisotopic (exact) mass is 469 g/mol. The van der Waals surface area contributed by atoms with Crippen LogP contribution >= 0.6 is 34.5 Å². The number of fused-ring (bicyclic) bond motifs is 3. The molecule has 0 atom stereocenters. The summed E-state index contributed by atoms with van der Waals surface area (Å²) in [6.07, 6.45) is 0.957. The minimum atomic E-state index is -0.0555. The maximum atomic E-state index is 13.2. The van der Waals surface area contributed by atoms with Gasteiger partial charge in [-0.2, -0.15) is 0 Å². The van der Waals surface area contributed by atoms with Gasteiger partial charge in [-0.3, -0.25) is 9.69 Å². The summed E-state index contributed by atoms with van der Waals surface area (Å²) >= 11 is 13.7. The van der Waals surface area contributed by atoms with Gasteiger partial charge in [0.15, 0.2) is 5.78 Å². The van der Waals surface area contributed by atoms with Gasteiger partial charge in [-0.05, 0) is 59.0 Å². The number of benzene rings is 2. The Bertz CT molecular complexity index is 1310. The molecule has 0 spiro atoms. The molecule has 158 valence electrons. The second kappa shape index (κ2) is 7.99. The number of nitrogens with two attached hydrogens (primary N) is 1. The number of hydrogen-bond donors (Lipinski definition) is 1. The predicted octanol–water partition coefficient (Wildman–Crippen LogP) is 5.92. The molecule has 0 saturated carbocycles. The van der Waals surface area contributed by atoms with Crippen molar-refractivity contribution in [1.82, 2.24) is 9.47 Å². The fourth-order valence-corrected chi connectivity index (χ4v) is 5.62. The van der Waals surface area contributed by atoms with Gasteiger partial charge < -0.3 is 10.3 Å². The summed E-state index contributed by atoms with van der Waals surface area (Å²) in [7, 11) is 2.12. The molecule has 3 heterocycles. The van der Waals surface area contributed by atoms with Gasteiger partial charge in [0.1, 0.15) is 0 Å². The second-order valence-electron chi connectivity index (χ2n) is 7.94. The van der Waals surface area contributed by atoms with Crippen molar-refractivity contribution >= 4 is 56.2 Å². The molecule has 0 saturated heterocycles. The van der Waals surface area contributed by atoms with Crippen LogP contribution in [0.5, 0.6) is 0 Å². The van der Waals surface area contributed by atoms with Crippen molar-refractivity contribution in [2.24, 2.45) is 7.05 Å². The molecule has 31 heavy (non-hydrogen) atoms. The van der Waals surface area contributed by atoms with Crippen molar-refractivity contribution in [2.45, 2.75) is 19.5 Å². The third kappa shape index (κ3) is 3.66. The van der Waals surface area contributed by atoms with E-state index in [-0.39, 0.29) is 5.78 Å². The van der Waals surface area contributed by atoms with Crippen molar-refractivity contribution < 1.29 is 4.79 Å². The van der Waals surface area contributed by atoms with Crippen molar-refractivity contribution in [3.8, 4) is 0 Å². The van der Waals surface area contributed by atoms with Gasteiger partial charge in [-0.15, -0.1) is 11.3 Å². The topological polar surface area (TPSA) is 51.3 Å². The lowest BCUT2D eigenvalue weighted by atomic mass is 10.00. The average molecular weight is 470 g/mol. The van der Waals surface area contributed by atoms with Gasteiger partial charge in [0.05, 0.1) is 10.6 Å². The zero-order valence-electron chi connectivity index (χ0n) is 17.0. The second-order valence-corrected chi connectivity index (χ2v) is 9.73. The predicted molar refractivity (Wildman–Crippen MR) is 129 cm³/mol. The van der Waals surface area contributed by atoms with E-state index in [9.17, 15) is 4.79 Å². The summed E-state index contributed by atoms with van der Waals surface area (Å²) in [6.45, 7) is 2.42. The van der Waals surface area contributed by atoms with Crippen LogP contribution in [0.4, 0.5) is 5.00 Å². The molecule has 5 rings (SSSR count). The maximum absolute atomic E-state index is 13.2. The van der Waals surface area contributed by atoms with Crippen LogP contribution in [0.15, 0.2) is 47.8 Å². The zero-order valence-corrected chi connectivity index (χ0v) is 19.3. The summed E-state index contributed by atoms with van der Waals surface area (Å²) in [4.78, 5) is 15.5. The number of aromatic nitrogens is 1. The Hall–Kier alpha value is -2.31. The molecule has 0 fully saturated rings. The van der Waals surface area contributed by atoms with E-state index in [1.807, 2.05) is 11.4 Å². The smallest absolute Gasteiger partial charge is 0.196 e. The number of nitrogen functional groups attached to an aromatic ring is 1. The molecule has 2 aromatic carbocycles. The van der Waals surface area contributed by atoms with Gasteiger partial charge >= 0.3 is 0 Å². The minimum absolute atomic E-state index is 0.0555. The highest BCUT2D eigenvalue weighted by Gasteiger charge is 2.26. The highest BCUT2D eigenvalue weighted by Crippen LogP contribution is 2.34. The van der Waals surface area contributed by atoms with Crippen LogP contribution < -0.4 is 5.73 Å². The first kappa shape index (κ1) is 20.6. The van der Waals surface area contributed by atoms with Crippen LogP contribution in [-0.4, -0.2) is 21.8 Å². The van der Waals surface area contributed by atoms with Gasteiger partial charge in [0, 0.05) is 65.3 Å². The molecular formula is C24H21Cl2N3OS. The third-order valence-corrected chi connectivity index (χ3v) is 7.42. The Kier molecular flexibility index (Phi) is 5.30. The lowest BCUT2D eigenvalue weighted by Gasteiger charge is -2.28. The van der Waals surface area contributed by atoms with E-state index in [1.54, 1.807) is 24.3 Å². The first-order valence-electron chi connectivity index (χ1n) is 10.1. The molecule has 2 aromatic heterocycles. The zero-order chi connectivity index (χ0) is 21.7. The van der Waals surface area contributed by atoms with Crippen LogP contribution in [0.1, 0.15) is 32.7 Å². The van der Waals surface area contributed by atoms with Crippen LogP contribution in [-0.2, 0) is 26.6 Å². The Morgan fingerprint density at radius 3 is 2.65 bits per heavy atom. The summed E-state index contributed by atoms with van der Waals surface area (Å²) in [5.41, 5.74) is 12.3. The number of carbonyl (C=O) groups excluding carboxylic acids is 1. The van der Waals surface area contributed by atoms with E-state index in [0.717, 1.165) is 30.1 Å². The molecule has 1 aliphatic rings. The van der Waals surface area contributed by atoms with E-state index in [2.05, 4.69) is 28.6 Å². The maximum Gasteiger partial charge on any atom is 0.196 e. The van der Waals surface area contributed by atoms with E-state index >= 15 is 0 Å². The van der Waals surface area contributed by atoms with Crippen molar-refractivity contribution in [1.29, 1.82) is 0 Å². The van der Waals surface area contributed by atoms with Gasteiger partial charge in [-0.1, -0.05) is 23.2 Å². The first-order chi connectivity index (χ1) is 14.9. The highest BCUT2D eigenvalue weighted by atomic mass is 35.5. The van der Waals surface area contributed by atoms with Crippen LogP contribution in [0.2, 0.25) is 10.0 Å². The van der Waals surface area contributed by atoms with E-state index in [4.69, 9.17) is 28.9 Å². The van der Waals surface area contributed by atoms with E-state index in [1.165, 1.54) is 33.5 Å². The number of thiophene rings is 1. The molecule has 0 radical (unpaired) electrons. The van der Waals surface area contributed by atoms with E-state index in [0.29, 0.717) is 27.7 Å². The first-order valence-corrected chi connectivity index (χ1v) is 11.7.